The third kappa shape index (κ3) is 3.88. The Hall–Kier alpha value is -2.39. The summed E-state index contributed by atoms with van der Waals surface area (Å²) in [4.78, 5) is 15.3. The van der Waals surface area contributed by atoms with Gasteiger partial charge in [0.05, 0.1) is 24.6 Å². The number of carbonyl (C=O) groups is 1. The van der Waals surface area contributed by atoms with E-state index in [0.717, 1.165) is 0 Å². The second-order valence-corrected chi connectivity index (χ2v) is 3.32. The highest BCUT2D eigenvalue weighted by molar-refractivity contribution is 5.77. The second-order valence-electron chi connectivity index (χ2n) is 3.32. The first-order valence-corrected chi connectivity index (χ1v) is 5.37. The lowest BCUT2D eigenvalue weighted by Gasteiger charge is -2.13. The van der Waals surface area contributed by atoms with Crippen LogP contribution in [0.2, 0.25) is 0 Å². The highest BCUT2D eigenvalue weighted by Gasteiger charge is 2.15. The van der Waals surface area contributed by atoms with E-state index in [1.54, 1.807) is 31.5 Å². The van der Waals surface area contributed by atoms with Crippen LogP contribution in [0.4, 0.5) is 5.69 Å². The molecule has 94 valence electrons. The topological polar surface area (TPSA) is 92.2 Å². The van der Waals surface area contributed by atoms with Crippen LogP contribution in [0.1, 0.15) is 6.92 Å². The minimum Gasteiger partial charge on any atom is -0.465 e. The molecule has 0 aliphatic rings. The van der Waals surface area contributed by atoms with E-state index >= 15 is 0 Å². The van der Waals surface area contributed by atoms with Crippen LogP contribution in [0.25, 0.3) is 0 Å². The number of pyridine rings is 1. The fraction of sp³-hybridized carbons (Fsp3) is 0.250. The summed E-state index contributed by atoms with van der Waals surface area (Å²) in [6.07, 6.45) is 6.00. The molecule has 1 aromatic heterocycles. The van der Waals surface area contributed by atoms with Gasteiger partial charge in [0.1, 0.15) is 0 Å². The molecule has 0 aliphatic heterocycles. The third-order valence-corrected chi connectivity index (χ3v) is 2.06. The number of nitrogens with zero attached hydrogens (tertiary/aromatic N) is 3. The fourth-order valence-corrected chi connectivity index (χ4v) is 1.18. The molecule has 0 saturated heterocycles. The van der Waals surface area contributed by atoms with Crippen LogP contribution in [-0.4, -0.2) is 17.6 Å². The first-order valence-electron chi connectivity index (χ1n) is 5.37. The lowest BCUT2D eigenvalue weighted by Crippen LogP contribution is -2.25. The van der Waals surface area contributed by atoms with Gasteiger partial charge >= 0.3 is 5.97 Å². The third-order valence-electron chi connectivity index (χ3n) is 2.06. The monoisotopic (exact) mass is 246 g/mol. The Morgan fingerprint density at radius 1 is 1.78 bits per heavy atom. The standard InChI is InChI=1S/C12H14N4O2/c1-2-18-12(17)10(8-13)5-7-16(14)11-4-3-6-15-9-11/h3-7,9-10H,2,14H2,1H3/b7-5-. The van der Waals surface area contributed by atoms with Gasteiger partial charge < -0.3 is 4.74 Å². The largest absolute Gasteiger partial charge is 0.465 e. The zero-order chi connectivity index (χ0) is 13.4. The van der Waals surface area contributed by atoms with Crippen LogP contribution in [0.5, 0.6) is 0 Å². The summed E-state index contributed by atoms with van der Waals surface area (Å²) in [5, 5.41) is 10.1. The second kappa shape index (κ2) is 7.04. The average molecular weight is 246 g/mol. The molecule has 1 rings (SSSR count). The van der Waals surface area contributed by atoms with E-state index < -0.39 is 11.9 Å². The number of anilines is 1. The number of aromatic nitrogens is 1. The molecule has 0 radical (unpaired) electrons. The van der Waals surface area contributed by atoms with Crippen molar-refractivity contribution in [1.82, 2.24) is 4.98 Å². The Balaban J connectivity index is 2.68. The van der Waals surface area contributed by atoms with Crippen molar-refractivity contribution in [2.45, 2.75) is 6.92 Å². The molecular weight excluding hydrogens is 232 g/mol. The van der Waals surface area contributed by atoms with E-state index in [9.17, 15) is 4.79 Å². The van der Waals surface area contributed by atoms with E-state index in [0.29, 0.717) is 5.69 Å². The highest BCUT2D eigenvalue weighted by Crippen LogP contribution is 2.09. The summed E-state index contributed by atoms with van der Waals surface area (Å²) in [5.41, 5.74) is 0.647. The van der Waals surface area contributed by atoms with Gasteiger partial charge in [-0.15, -0.1) is 0 Å². The van der Waals surface area contributed by atoms with Gasteiger partial charge in [-0.05, 0) is 25.1 Å². The summed E-state index contributed by atoms with van der Waals surface area (Å²) in [5.74, 6) is 4.16. The smallest absolute Gasteiger partial charge is 0.327 e. The van der Waals surface area contributed by atoms with Crippen molar-refractivity contribution in [3.05, 3.63) is 36.8 Å². The van der Waals surface area contributed by atoms with Gasteiger partial charge in [-0.2, -0.15) is 5.26 Å². The van der Waals surface area contributed by atoms with Gasteiger partial charge in [0.15, 0.2) is 5.92 Å². The molecule has 0 amide bonds. The predicted molar refractivity (Wildman–Crippen MR) is 65.8 cm³/mol. The fourth-order valence-electron chi connectivity index (χ4n) is 1.18. The molecule has 0 aliphatic carbocycles. The Labute approximate surface area is 105 Å². The maximum Gasteiger partial charge on any atom is 0.327 e. The van der Waals surface area contributed by atoms with Gasteiger partial charge in [0.25, 0.3) is 0 Å². The molecular formula is C12H14N4O2. The van der Waals surface area contributed by atoms with Crippen LogP contribution in [0.3, 0.4) is 0 Å². The van der Waals surface area contributed by atoms with Crippen molar-refractivity contribution in [2.75, 3.05) is 11.6 Å². The van der Waals surface area contributed by atoms with Crippen LogP contribution in [-0.2, 0) is 9.53 Å². The molecule has 0 spiro atoms. The first-order chi connectivity index (χ1) is 8.69. The van der Waals surface area contributed by atoms with Crippen molar-refractivity contribution in [1.29, 1.82) is 5.26 Å². The van der Waals surface area contributed by atoms with Crippen molar-refractivity contribution >= 4 is 11.7 Å². The van der Waals surface area contributed by atoms with Crippen molar-refractivity contribution in [2.24, 2.45) is 11.8 Å². The minimum absolute atomic E-state index is 0.236. The Kier molecular flexibility index (Phi) is 5.35. The number of hydrogen-bond acceptors (Lipinski definition) is 6. The summed E-state index contributed by atoms with van der Waals surface area (Å²) in [6, 6.07) is 5.32. The lowest BCUT2D eigenvalue weighted by atomic mass is 10.2. The van der Waals surface area contributed by atoms with Gasteiger partial charge in [-0.3, -0.25) is 14.8 Å². The number of hydrogen-bond donors (Lipinski definition) is 1. The summed E-state index contributed by atoms with van der Waals surface area (Å²) in [6.45, 7) is 1.92. The molecule has 0 aromatic carbocycles. The van der Waals surface area contributed by atoms with Crippen molar-refractivity contribution < 1.29 is 9.53 Å². The molecule has 2 N–H and O–H groups in total. The number of carbonyl (C=O) groups excluding carboxylic acids is 1. The van der Waals surface area contributed by atoms with Gasteiger partial charge in [-0.1, -0.05) is 0 Å². The summed E-state index contributed by atoms with van der Waals surface area (Å²) >= 11 is 0. The molecule has 0 saturated carbocycles. The van der Waals surface area contributed by atoms with E-state index in [-0.39, 0.29) is 6.61 Å². The van der Waals surface area contributed by atoms with E-state index in [4.69, 9.17) is 15.8 Å². The van der Waals surface area contributed by atoms with Crippen molar-refractivity contribution in [3.8, 4) is 6.07 Å². The van der Waals surface area contributed by atoms with Crippen LogP contribution >= 0.6 is 0 Å². The van der Waals surface area contributed by atoms with Crippen LogP contribution in [0.15, 0.2) is 36.8 Å². The summed E-state index contributed by atoms with van der Waals surface area (Å²) in [7, 11) is 0. The number of nitriles is 1. The van der Waals surface area contributed by atoms with E-state index in [2.05, 4.69) is 4.98 Å². The van der Waals surface area contributed by atoms with Gasteiger partial charge in [0.2, 0.25) is 0 Å². The SMILES string of the molecule is CCOC(=O)C(C#N)/C=C\N(N)c1cccnc1. The zero-order valence-electron chi connectivity index (χ0n) is 9.98. The maximum absolute atomic E-state index is 11.4. The summed E-state index contributed by atoms with van der Waals surface area (Å²) < 4.78 is 4.75. The number of ether oxygens (including phenoxy) is 1. The normalized spacial score (nSPS) is 11.8. The Morgan fingerprint density at radius 2 is 2.56 bits per heavy atom. The minimum atomic E-state index is -0.965. The molecule has 1 heterocycles. The molecule has 1 unspecified atom stereocenters. The van der Waals surface area contributed by atoms with Crippen LogP contribution in [0, 0.1) is 17.2 Å². The number of hydrazine groups is 1. The quantitative estimate of drug-likeness (QED) is 0.473. The number of esters is 1. The molecule has 0 fully saturated rings. The Morgan fingerprint density at radius 3 is 3.11 bits per heavy atom. The number of nitrogens with two attached hydrogens (primary N) is 1. The predicted octanol–water partition coefficient (Wildman–Crippen LogP) is 0.978. The van der Waals surface area contributed by atoms with Crippen LogP contribution < -0.4 is 10.9 Å². The highest BCUT2D eigenvalue weighted by atomic mass is 16.5. The van der Waals surface area contributed by atoms with E-state index in [1.165, 1.54) is 17.3 Å². The first kappa shape index (κ1) is 13.7. The molecule has 6 nitrogen and oxygen atoms in total. The Bertz CT molecular complexity index is 453. The zero-order valence-corrected chi connectivity index (χ0v) is 9.98. The van der Waals surface area contributed by atoms with Gasteiger partial charge in [0, 0.05) is 12.4 Å². The molecule has 1 aromatic rings. The van der Waals surface area contributed by atoms with E-state index in [1.807, 2.05) is 6.07 Å². The lowest BCUT2D eigenvalue weighted by molar-refractivity contribution is -0.144. The maximum atomic E-state index is 11.4. The van der Waals surface area contributed by atoms with Gasteiger partial charge in [-0.25, -0.2) is 5.84 Å². The molecule has 0 bridgehead atoms. The molecule has 18 heavy (non-hydrogen) atoms. The molecule has 6 heteroatoms. The van der Waals surface area contributed by atoms with Crippen molar-refractivity contribution in [3.63, 3.8) is 0 Å². The number of rotatable bonds is 5. The average Bonchev–Trinajstić information content (AvgIpc) is 2.40. The molecule has 1 atom stereocenters.